The molecule has 0 aliphatic carbocycles. The smallest absolute Gasteiger partial charge is 0.404 e. The topological polar surface area (TPSA) is 142 Å². The molecular weight excluding hydrogens is 444 g/mol. The molecule has 0 aliphatic heterocycles. The zero-order chi connectivity index (χ0) is 24.2. The maximum Gasteiger partial charge on any atom is 0.404 e. The van der Waals surface area contributed by atoms with Gasteiger partial charge in [-0.15, -0.1) is 0 Å². The van der Waals surface area contributed by atoms with Gasteiger partial charge in [0.05, 0.1) is 0 Å². The van der Waals surface area contributed by atoms with Gasteiger partial charge >= 0.3 is 6.09 Å². The molecule has 0 radical (unpaired) electrons. The number of fused-ring (bicyclic) bond motifs is 2. The second-order valence-corrected chi connectivity index (χ2v) is 8.46. The molecule has 1 amide bonds. The molecule has 6 N–H and O–H groups in total. The van der Waals surface area contributed by atoms with E-state index in [2.05, 4.69) is 31.8 Å². The molecule has 35 heavy (non-hydrogen) atoms. The number of carboxylic acid groups (broad SMARTS) is 1. The Morgan fingerprint density at radius 1 is 1.17 bits per heavy atom. The second kappa shape index (κ2) is 9.86. The van der Waals surface area contributed by atoms with Crippen molar-refractivity contribution in [1.29, 1.82) is 0 Å². The third-order valence-electron chi connectivity index (χ3n) is 6.04. The predicted octanol–water partition coefficient (Wildman–Crippen LogP) is 4.16. The zero-order valence-corrected chi connectivity index (χ0v) is 19.0. The fourth-order valence-electron chi connectivity index (χ4n) is 4.31. The Labute approximate surface area is 201 Å². The maximum absolute atomic E-state index is 11.0. The van der Waals surface area contributed by atoms with E-state index in [1.54, 1.807) is 6.20 Å². The number of anilines is 1. The van der Waals surface area contributed by atoms with Gasteiger partial charge in [0.1, 0.15) is 5.69 Å². The predicted molar refractivity (Wildman–Crippen MR) is 135 cm³/mol. The van der Waals surface area contributed by atoms with Gasteiger partial charge in [-0.1, -0.05) is 35.5 Å². The van der Waals surface area contributed by atoms with Gasteiger partial charge in [-0.2, -0.15) is 0 Å². The van der Waals surface area contributed by atoms with E-state index < -0.39 is 6.09 Å². The first-order valence-electron chi connectivity index (χ1n) is 11.4. The van der Waals surface area contributed by atoms with Crippen LogP contribution in [0.2, 0.25) is 0 Å². The largest absolute Gasteiger partial charge is 0.465 e. The van der Waals surface area contributed by atoms with Crippen LogP contribution >= 0.6 is 0 Å². The molecule has 9 nitrogen and oxygen atoms in total. The number of nitrogens with one attached hydrogen (secondary N) is 3. The number of para-hydroxylation sites is 1. The van der Waals surface area contributed by atoms with Crippen molar-refractivity contribution >= 4 is 33.7 Å². The van der Waals surface area contributed by atoms with Crippen molar-refractivity contribution < 1.29 is 14.4 Å². The van der Waals surface area contributed by atoms with Crippen LogP contribution in [0.25, 0.3) is 32.9 Å². The normalized spacial score (nSPS) is 12.1. The molecular formula is C26H26N6O3. The van der Waals surface area contributed by atoms with Gasteiger partial charge in [-0.3, -0.25) is 4.98 Å². The van der Waals surface area contributed by atoms with E-state index in [0.717, 1.165) is 38.4 Å². The number of aromatic amines is 1. The van der Waals surface area contributed by atoms with Crippen LogP contribution in [-0.4, -0.2) is 45.5 Å². The van der Waals surface area contributed by atoms with E-state index in [4.69, 9.17) is 15.4 Å². The number of pyridine rings is 1. The summed E-state index contributed by atoms with van der Waals surface area (Å²) in [5.74, 6) is 0.497. The molecule has 0 saturated heterocycles. The molecule has 0 bridgehead atoms. The summed E-state index contributed by atoms with van der Waals surface area (Å²) in [7, 11) is 0. The average molecular weight is 471 g/mol. The van der Waals surface area contributed by atoms with Crippen LogP contribution in [0, 0.1) is 0 Å². The summed E-state index contributed by atoms with van der Waals surface area (Å²) < 4.78 is 5.67. The van der Waals surface area contributed by atoms with Crippen LogP contribution in [0.1, 0.15) is 11.1 Å². The highest BCUT2D eigenvalue weighted by Crippen LogP contribution is 2.31. The molecule has 0 unspecified atom stereocenters. The molecule has 3 aromatic heterocycles. The van der Waals surface area contributed by atoms with Crippen LogP contribution in [0.15, 0.2) is 71.6 Å². The molecule has 0 saturated carbocycles. The van der Waals surface area contributed by atoms with Gasteiger partial charge in [0.15, 0.2) is 0 Å². The number of rotatable bonds is 9. The fourth-order valence-corrected chi connectivity index (χ4v) is 4.31. The number of H-pyrrole nitrogens is 1. The minimum absolute atomic E-state index is 0.166. The summed E-state index contributed by atoms with van der Waals surface area (Å²) >= 11 is 0. The lowest BCUT2D eigenvalue weighted by Gasteiger charge is -2.13. The van der Waals surface area contributed by atoms with Crippen LogP contribution in [0.5, 0.6) is 0 Å². The van der Waals surface area contributed by atoms with Gasteiger partial charge in [-0.05, 0) is 42.0 Å². The maximum atomic E-state index is 11.0. The van der Waals surface area contributed by atoms with Gasteiger partial charge in [0.25, 0.3) is 0 Å². The van der Waals surface area contributed by atoms with Crippen molar-refractivity contribution in [3.05, 3.63) is 78.2 Å². The first kappa shape index (κ1) is 22.4. The van der Waals surface area contributed by atoms with Crippen molar-refractivity contribution in [3.63, 3.8) is 0 Å². The number of carbonyl (C=O) groups is 1. The number of nitrogens with zero attached hydrogens (tertiary/aromatic N) is 2. The molecule has 9 heteroatoms. The van der Waals surface area contributed by atoms with Crippen LogP contribution in [0.3, 0.4) is 0 Å². The van der Waals surface area contributed by atoms with Crippen LogP contribution in [-0.2, 0) is 12.8 Å². The van der Waals surface area contributed by atoms with E-state index in [0.29, 0.717) is 31.0 Å². The highest BCUT2D eigenvalue weighted by atomic mass is 16.5. The summed E-state index contributed by atoms with van der Waals surface area (Å²) in [4.78, 5) is 18.4. The molecule has 5 rings (SSSR count). The Balaban J connectivity index is 1.35. The van der Waals surface area contributed by atoms with E-state index in [9.17, 15) is 4.79 Å². The molecule has 2 aromatic carbocycles. The molecule has 0 spiro atoms. The number of aromatic nitrogens is 3. The third kappa shape index (κ3) is 4.95. The number of hydrogen-bond donors (Lipinski definition) is 5. The zero-order valence-electron chi connectivity index (χ0n) is 19.0. The highest BCUT2D eigenvalue weighted by Gasteiger charge is 2.19. The number of nitrogens with two attached hydrogens (primary N) is 1. The van der Waals surface area contributed by atoms with E-state index in [1.807, 2.05) is 54.9 Å². The molecule has 5 aromatic rings. The van der Waals surface area contributed by atoms with Crippen molar-refractivity contribution in [3.8, 4) is 11.3 Å². The Kier molecular flexibility index (Phi) is 6.32. The van der Waals surface area contributed by atoms with Crippen molar-refractivity contribution in [2.45, 2.75) is 18.9 Å². The van der Waals surface area contributed by atoms with Gasteiger partial charge < -0.3 is 31.0 Å². The Morgan fingerprint density at radius 3 is 2.94 bits per heavy atom. The summed E-state index contributed by atoms with van der Waals surface area (Å²) in [6.07, 6.45) is 5.58. The minimum Gasteiger partial charge on any atom is -0.465 e. The summed E-state index contributed by atoms with van der Waals surface area (Å²) in [6.45, 7) is 0.702. The number of benzene rings is 2. The molecule has 1 atom stereocenters. The lowest BCUT2D eigenvalue weighted by Crippen LogP contribution is -2.31. The monoisotopic (exact) mass is 470 g/mol. The Morgan fingerprint density at radius 2 is 2.06 bits per heavy atom. The molecule has 3 heterocycles. The number of hydrogen-bond acceptors (Lipinski definition) is 6. The van der Waals surface area contributed by atoms with Gasteiger partial charge in [0, 0.05) is 65.1 Å². The van der Waals surface area contributed by atoms with E-state index in [1.165, 1.54) is 0 Å². The first-order valence-corrected chi connectivity index (χ1v) is 11.4. The molecule has 0 aliphatic rings. The van der Waals surface area contributed by atoms with Crippen molar-refractivity contribution in [2.24, 2.45) is 5.73 Å². The van der Waals surface area contributed by atoms with E-state index in [-0.39, 0.29) is 12.6 Å². The van der Waals surface area contributed by atoms with Gasteiger partial charge in [-0.25, -0.2) is 4.79 Å². The average Bonchev–Trinajstić information content (AvgIpc) is 3.46. The fraction of sp³-hybridized carbons (Fsp3) is 0.192. The SMILES string of the molecule is N[C@H](CNc1onc(-c2ccc3cnccc3c2)c1CCNC(=O)O)Cc1c[nH]c2ccccc12. The lowest BCUT2D eigenvalue weighted by atomic mass is 10.0. The van der Waals surface area contributed by atoms with Crippen molar-refractivity contribution in [1.82, 2.24) is 20.4 Å². The minimum atomic E-state index is -1.07. The Hall–Kier alpha value is -4.37. The second-order valence-electron chi connectivity index (χ2n) is 8.46. The highest BCUT2D eigenvalue weighted by molar-refractivity contribution is 5.87. The number of amides is 1. The summed E-state index contributed by atoms with van der Waals surface area (Å²) in [6, 6.07) is 15.9. The van der Waals surface area contributed by atoms with Crippen molar-refractivity contribution in [2.75, 3.05) is 18.4 Å². The van der Waals surface area contributed by atoms with Crippen LogP contribution in [0.4, 0.5) is 10.7 Å². The van der Waals surface area contributed by atoms with Crippen LogP contribution < -0.4 is 16.4 Å². The Bertz CT molecular complexity index is 1470. The standard InChI is InChI=1S/C26H26N6O3/c27-20(12-19-14-30-23-4-2-1-3-21(19)23)15-31-25-22(8-10-29-26(33)34)24(32-35-25)17-5-6-18-13-28-9-7-16(18)11-17/h1-7,9,11,13-14,20,29-31H,8,10,12,15,27H2,(H,33,34)/t20-/m0/s1. The quantitative estimate of drug-likeness (QED) is 0.218. The summed E-state index contributed by atoms with van der Waals surface area (Å²) in [5, 5.41) is 22.2. The molecule has 0 fully saturated rings. The lowest BCUT2D eigenvalue weighted by molar-refractivity contribution is 0.194. The first-order chi connectivity index (χ1) is 17.1. The van der Waals surface area contributed by atoms with Gasteiger partial charge in [0.2, 0.25) is 5.88 Å². The van der Waals surface area contributed by atoms with E-state index >= 15 is 0 Å². The molecule has 178 valence electrons. The third-order valence-corrected chi connectivity index (χ3v) is 6.04. The summed E-state index contributed by atoms with van der Waals surface area (Å²) in [5.41, 5.74) is 11.0.